The van der Waals surface area contributed by atoms with Crippen molar-refractivity contribution in [2.24, 2.45) is 0 Å². The Balaban J connectivity index is 4.29. The summed E-state index contributed by atoms with van der Waals surface area (Å²) in [7, 11) is 0. The van der Waals surface area contributed by atoms with Gasteiger partial charge in [-0.15, -0.1) is 0 Å². The lowest BCUT2D eigenvalue weighted by atomic mass is 10.0. The van der Waals surface area contributed by atoms with Crippen molar-refractivity contribution in [3.05, 3.63) is 12.2 Å². The molecule has 372 valence electrons. The molecule has 6 heteroatoms. The number of carbonyl (C=O) groups is 3. The standard InChI is InChI=1S/C57H108O6/c1-4-7-10-13-16-19-22-25-27-28-29-31-32-35-38-41-44-47-50-56(59)62-53-54(52-61-55(58)49-46-43-40-37-34-24-21-18-15-12-9-6-3)63-57(60)51-48-45-42-39-36-33-30-26-23-20-17-14-11-8-5-2/h18,21,54H,4-17,19-20,22-53H2,1-3H3/b21-18-/t54-/m1/s1. The van der Waals surface area contributed by atoms with Crippen LogP contribution in [0.1, 0.15) is 316 Å². The molecule has 0 saturated heterocycles. The van der Waals surface area contributed by atoms with Gasteiger partial charge in [0, 0.05) is 19.3 Å². The van der Waals surface area contributed by atoms with Crippen LogP contribution in [0.3, 0.4) is 0 Å². The highest BCUT2D eigenvalue weighted by Crippen LogP contribution is 2.17. The maximum Gasteiger partial charge on any atom is 0.306 e. The van der Waals surface area contributed by atoms with Gasteiger partial charge >= 0.3 is 17.9 Å². The van der Waals surface area contributed by atoms with Crippen LogP contribution >= 0.6 is 0 Å². The molecule has 0 amide bonds. The highest BCUT2D eigenvalue weighted by molar-refractivity contribution is 5.71. The average Bonchev–Trinajstić information content (AvgIpc) is 3.28. The number of rotatable bonds is 52. The van der Waals surface area contributed by atoms with Crippen molar-refractivity contribution < 1.29 is 28.6 Å². The van der Waals surface area contributed by atoms with Gasteiger partial charge < -0.3 is 14.2 Å². The average molecular weight is 889 g/mol. The number of carbonyl (C=O) groups excluding carboxylic acids is 3. The number of hydrogen-bond acceptors (Lipinski definition) is 6. The Morgan fingerprint density at radius 1 is 0.302 bits per heavy atom. The molecule has 0 spiro atoms. The number of ether oxygens (including phenoxy) is 3. The summed E-state index contributed by atoms with van der Waals surface area (Å²) in [5.74, 6) is -0.854. The van der Waals surface area contributed by atoms with Gasteiger partial charge in [-0.1, -0.05) is 264 Å². The smallest absolute Gasteiger partial charge is 0.306 e. The first kappa shape index (κ1) is 61.1. The zero-order valence-electron chi connectivity index (χ0n) is 42.6. The fourth-order valence-corrected chi connectivity index (χ4v) is 8.50. The van der Waals surface area contributed by atoms with E-state index in [9.17, 15) is 14.4 Å². The third kappa shape index (κ3) is 51.0. The monoisotopic (exact) mass is 889 g/mol. The molecule has 0 aliphatic carbocycles. The Bertz CT molecular complexity index is 978. The topological polar surface area (TPSA) is 78.9 Å². The molecule has 0 bridgehead atoms. The van der Waals surface area contributed by atoms with Gasteiger partial charge in [0.25, 0.3) is 0 Å². The molecular formula is C57H108O6. The Kier molecular flexibility index (Phi) is 51.2. The number of unbranched alkanes of at least 4 members (excludes halogenated alkanes) is 39. The minimum atomic E-state index is -0.767. The van der Waals surface area contributed by atoms with Crippen molar-refractivity contribution in [3.8, 4) is 0 Å². The van der Waals surface area contributed by atoms with E-state index in [2.05, 4.69) is 32.9 Å². The summed E-state index contributed by atoms with van der Waals surface area (Å²) in [6, 6.07) is 0. The van der Waals surface area contributed by atoms with Gasteiger partial charge in [-0.3, -0.25) is 14.4 Å². The van der Waals surface area contributed by atoms with Crippen LogP contribution < -0.4 is 0 Å². The second-order valence-corrected chi connectivity index (χ2v) is 19.2. The molecule has 1 atom stereocenters. The second-order valence-electron chi connectivity index (χ2n) is 19.2. The molecule has 0 fully saturated rings. The summed E-state index contributed by atoms with van der Waals surface area (Å²) in [5, 5.41) is 0. The van der Waals surface area contributed by atoms with Crippen LogP contribution in [0.25, 0.3) is 0 Å². The SMILES string of the molecule is CCCCC/C=C\CCCCCCCC(=O)OC[C@H](COC(=O)CCCCCCCCCCCCCCCCCCCC)OC(=O)CCCCCCCCCCCCCCCCC. The Morgan fingerprint density at radius 3 is 0.825 bits per heavy atom. The summed E-state index contributed by atoms with van der Waals surface area (Å²) in [4.78, 5) is 38.1. The van der Waals surface area contributed by atoms with E-state index in [-0.39, 0.29) is 31.1 Å². The predicted octanol–water partition coefficient (Wildman–Crippen LogP) is 18.5. The van der Waals surface area contributed by atoms with Crippen molar-refractivity contribution >= 4 is 17.9 Å². The van der Waals surface area contributed by atoms with Crippen LogP contribution in [0.4, 0.5) is 0 Å². The molecule has 0 aromatic rings. The van der Waals surface area contributed by atoms with E-state index in [4.69, 9.17) is 14.2 Å². The van der Waals surface area contributed by atoms with Crippen molar-refractivity contribution in [1.82, 2.24) is 0 Å². The predicted molar refractivity (Wildman–Crippen MR) is 270 cm³/mol. The van der Waals surface area contributed by atoms with Crippen molar-refractivity contribution in [2.45, 2.75) is 322 Å². The maximum atomic E-state index is 12.8. The van der Waals surface area contributed by atoms with E-state index in [0.717, 1.165) is 64.2 Å². The molecule has 6 nitrogen and oxygen atoms in total. The number of hydrogen-bond donors (Lipinski definition) is 0. The van der Waals surface area contributed by atoms with Gasteiger partial charge in [0.05, 0.1) is 0 Å². The molecule has 0 aromatic heterocycles. The Morgan fingerprint density at radius 2 is 0.524 bits per heavy atom. The second kappa shape index (κ2) is 52.8. The highest BCUT2D eigenvalue weighted by Gasteiger charge is 2.19. The van der Waals surface area contributed by atoms with Gasteiger partial charge in [-0.2, -0.15) is 0 Å². The molecule has 0 aliphatic heterocycles. The molecule has 0 aliphatic rings. The molecule has 0 unspecified atom stereocenters. The zero-order valence-corrected chi connectivity index (χ0v) is 42.6. The third-order valence-corrected chi connectivity index (χ3v) is 12.8. The quantitative estimate of drug-likeness (QED) is 0.0262. The van der Waals surface area contributed by atoms with E-state index >= 15 is 0 Å². The Labute approximate surface area is 392 Å². The lowest BCUT2D eigenvalue weighted by molar-refractivity contribution is -0.167. The highest BCUT2D eigenvalue weighted by atomic mass is 16.6. The van der Waals surface area contributed by atoms with Crippen LogP contribution in [0.15, 0.2) is 12.2 Å². The minimum absolute atomic E-state index is 0.0667. The fraction of sp³-hybridized carbons (Fsp3) is 0.912. The summed E-state index contributed by atoms with van der Waals surface area (Å²) in [6.45, 7) is 6.66. The summed E-state index contributed by atoms with van der Waals surface area (Å²) >= 11 is 0. The van der Waals surface area contributed by atoms with E-state index < -0.39 is 6.10 Å². The van der Waals surface area contributed by atoms with E-state index in [0.29, 0.717) is 19.3 Å². The van der Waals surface area contributed by atoms with E-state index in [1.54, 1.807) is 0 Å². The normalized spacial score (nSPS) is 12.0. The van der Waals surface area contributed by atoms with Crippen LogP contribution in [0.2, 0.25) is 0 Å². The van der Waals surface area contributed by atoms with Gasteiger partial charge in [0.15, 0.2) is 6.10 Å². The molecule has 0 aromatic carbocycles. The van der Waals surface area contributed by atoms with Crippen LogP contribution in [-0.4, -0.2) is 37.2 Å². The van der Waals surface area contributed by atoms with Gasteiger partial charge in [-0.25, -0.2) is 0 Å². The molecule has 0 rings (SSSR count). The summed E-state index contributed by atoms with van der Waals surface area (Å²) < 4.78 is 16.8. The van der Waals surface area contributed by atoms with Crippen molar-refractivity contribution in [2.75, 3.05) is 13.2 Å². The maximum absolute atomic E-state index is 12.8. The fourth-order valence-electron chi connectivity index (χ4n) is 8.50. The van der Waals surface area contributed by atoms with Crippen LogP contribution in [0, 0.1) is 0 Å². The van der Waals surface area contributed by atoms with Crippen LogP contribution in [0.5, 0.6) is 0 Å². The van der Waals surface area contributed by atoms with Crippen molar-refractivity contribution in [1.29, 1.82) is 0 Å². The molecule has 0 heterocycles. The van der Waals surface area contributed by atoms with Gasteiger partial charge in [-0.05, 0) is 44.9 Å². The third-order valence-electron chi connectivity index (χ3n) is 12.8. The Hall–Kier alpha value is -1.85. The molecule has 0 N–H and O–H groups in total. The minimum Gasteiger partial charge on any atom is -0.462 e. The molecule has 63 heavy (non-hydrogen) atoms. The van der Waals surface area contributed by atoms with Gasteiger partial charge in [0.1, 0.15) is 13.2 Å². The van der Waals surface area contributed by atoms with E-state index in [1.807, 2.05) is 0 Å². The lowest BCUT2D eigenvalue weighted by Gasteiger charge is -2.18. The van der Waals surface area contributed by atoms with Crippen LogP contribution in [-0.2, 0) is 28.6 Å². The number of allylic oxidation sites excluding steroid dienone is 2. The largest absolute Gasteiger partial charge is 0.462 e. The first-order valence-electron chi connectivity index (χ1n) is 28.2. The number of esters is 3. The van der Waals surface area contributed by atoms with Gasteiger partial charge in [0.2, 0.25) is 0 Å². The molecular weight excluding hydrogens is 781 g/mol. The summed E-state index contributed by atoms with van der Waals surface area (Å²) in [6.07, 6.45) is 59.1. The molecule has 0 saturated carbocycles. The van der Waals surface area contributed by atoms with Crippen molar-refractivity contribution in [3.63, 3.8) is 0 Å². The summed E-state index contributed by atoms with van der Waals surface area (Å²) in [5.41, 5.74) is 0. The first-order valence-corrected chi connectivity index (χ1v) is 28.2. The molecule has 0 radical (unpaired) electrons. The lowest BCUT2D eigenvalue weighted by Crippen LogP contribution is -2.30. The zero-order chi connectivity index (χ0) is 45.8. The van der Waals surface area contributed by atoms with E-state index in [1.165, 1.54) is 212 Å². The first-order chi connectivity index (χ1) is 31.0.